The van der Waals surface area contributed by atoms with Crippen molar-refractivity contribution in [2.24, 2.45) is 9.98 Å². The van der Waals surface area contributed by atoms with Gasteiger partial charge in [-0.25, -0.2) is 34.9 Å². The van der Waals surface area contributed by atoms with E-state index >= 15 is 0 Å². The Bertz CT molecular complexity index is 3550. The maximum absolute atomic E-state index is 5.22. The van der Waals surface area contributed by atoms with Crippen LogP contribution in [0.1, 0.15) is 28.1 Å². The molecule has 67 heavy (non-hydrogen) atoms. The predicted octanol–water partition coefficient (Wildman–Crippen LogP) is 13.9. The first kappa shape index (κ1) is 40.7. The topological polar surface area (TPSA) is 89.2 Å². The van der Waals surface area contributed by atoms with Crippen LogP contribution in [0, 0.1) is 13.8 Å². The molecule has 0 aliphatic carbocycles. The van der Waals surface area contributed by atoms with E-state index in [0.29, 0.717) is 34.8 Å². The van der Waals surface area contributed by atoms with Gasteiger partial charge in [0.1, 0.15) is 5.70 Å². The van der Waals surface area contributed by atoms with Gasteiger partial charge in [0.25, 0.3) is 0 Å². The third kappa shape index (κ3) is 8.66. The van der Waals surface area contributed by atoms with Crippen molar-refractivity contribution < 1.29 is 0 Å². The summed E-state index contributed by atoms with van der Waals surface area (Å²) >= 11 is 0. The van der Waals surface area contributed by atoms with Gasteiger partial charge < -0.3 is 0 Å². The van der Waals surface area contributed by atoms with E-state index < -0.39 is 0 Å². The molecule has 0 unspecified atom stereocenters. The standard InChI is InChI=1S/C60H41N7/c1-39-34-40(2)62-59(61-39)51-30-31-52(46-24-15-27-50(37-46)60-66-57(43-19-8-4-9-20-43)65-58(67-60)44-21-10-5-11-22-44)53(38-51)47-25-14-26-48(36-47)54-32-33-55(64-56(63-54)42-17-6-3-7-18-42)49-29-28-41-16-12-13-23-45(41)35-49/h3-31,33-38H,1-2H3. The third-order valence-corrected chi connectivity index (χ3v) is 11.7. The summed E-state index contributed by atoms with van der Waals surface area (Å²) < 4.78 is 0. The molecule has 1 aliphatic heterocycles. The van der Waals surface area contributed by atoms with Crippen LogP contribution in [-0.2, 0) is 0 Å². The second-order valence-corrected chi connectivity index (χ2v) is 16.4. The number of benzene rings is 8. The summed E-state index contributed by atoms with van der Waals surface area (Å²) in [7, 11) is 0. The summed E-state index contributed by atoms with van der Waals surface area (Å²) in [4.78, 5) is 35.2. The Hall–Kier alpha value is -9.03. The van der Waals surface area contributed by atoms with Crippen molar-refractivity contribution in [3.05, 3.63) is 246 Å². The average molecular weight is 860 g/mol. The molecule has 0 saturated carbocycles. The maximum atomic E-state index is 5.22. The summed E-state index contributed by atoms with van der Waals surface area (Å²) in [5, 5.41) is 2.32. The molecule has 8 aromatic carbocycles. The maximum Gasteiger partial charge on any atom is 0.164 e. The molecule has 0 atom stereocenters. The smallest absolute Gasteiger partial charge is 0.164 e. The van der Waals surface area contributed by atoms with E-state index in [4.69, 9.17) is 34.9 Å². The van der Waals surface area contributed by atoms with E-state index in [0.717, 1.165) is 83.7 Å². The molecule has 0 N–H and O–H groups in total. The zero-order chi connectivity index (χ0) is 45.1. The predicted molar refractivity (Wildman–Crippen MR) is 272 cm³/mol. The SMILES string of the molecule is Cc1cc(C)nc(-c2ccc(-c3cccc(-c4nc(-c5ccccc5)nc(-c5ccccc5)n4)c3)c(-c3cccc(C4=C=CC(c5ccc6ccccc6c5)=NC(c5ccccc5)=N4)c3)c2)n1. The molecule has 0 bridgehead atoms. The molecule has 0 spiro atoms. The Kier molecular flexibility index (Phi) is 10.9. The van der Waals surface area contributed by atoms with Crippen LogP contribution >= 0.6 is 0 Å². The molecular weight excluding hydrogens is 819 g/mol. The van der Waals surface area contributed by atoms with E-state index in [-0.39, 0.29) is 0 Å². The van der Waals surface area contributed by atoms with Gasteiger partial charge in [-0.2, -0.15) is 0 Å². The zero-order valence-corrected chi connectivity index (χ0v) is 36.8. The molecule has 7 heteroatoms. The molecule has 10 aromatic rings. The Labute approximate surface area is 389 Å². The quantitative estimate of drug-likeness (QED) is 0.135. The van der Waals surface area contributed by atoms with Gasteiger partial charge in [0.15, 0.2) is 29.1 Å². The zero-order valence-electron chi connectivity index (χ0n) is 36.8. The second-order valence-electron chi connectivity index (χ2n) is 16.4. The van der Waals surface area contributed by atoms with Gasteiger partial charge in [-0.05, 0) is 77.2 Å². The van der Waals surface area contributed by atoms with Gasteiger partial charge in [-0.3, -0.25) is 0 Å². The number of allylic oxidation sites excluding steroid dienone is 1. The Morgan fingerprint density at radius 1 is 0.313 bits per heavy atom. The summed E-state index contributed by atoms with van der Waals surface area (Å²) in [6.07, 6.45) is 1.95. The number of aryl methyl sites for hydroxylation is 2. The molecule has 11 rings (SSSR count). The van der Waals surface area contributed by atoms with Crippen LogP contribution in [0.2, 0.25) is 0 Å². The number of hydrogen-bond donors (Lipinski definition) is 0. The Morgan fingerprint density at radius 3 is 1.48 bits per heavy atom. The van der Waals surface area contributed by atoms with Crippen LogP contribution in [0.4, 0.5) is 0 Å². The molecule has 1 aliphatic rings. The van der Waals surface area contributed by atoms with Crippen molar-refractivity contribution in [1.29, 1.82) is 0 Å². The first-order chi connectivity index (χ1) is 33.0. The highest BCUT2D eigenvalue weighted by Gasteiger charge is 2.18. The summed E-state index contributed by atoms with van der Waals surface area (Å²) in [6.45, 7) is 4.01. The van der Waals surface area contributed by atoms with Gasteiger partial charge in [-0.1, -0.05) is 182 Å². The number of aromatic nitrogens is 5. The van der Waals surface area contributed by atoms with Crippen molar-refractivity contribution >= 4 is 28.0 Å². The summed E-state index contributed by atoms with van der Waals surface area (Å²) in [5.74, 6) is 3.09. The normalized spacial score (nSPS) is 12.3. The van der Waals surface area contributed by atoms with Crippen LogP contribution in [-0.4, -0.2) is 36.5 Å². The lowest BCUT2D eigenvalue weighted by atomic mass is 9.91. The van der Waals surface area contributed by atoms with E-state index in [1.807, 2.05) is 117 Å². The van der Waals surface area contributed by atoms with Crippen molar-refractivity contribution in [2.45, 2.75) is 13.8 Å². The lowest BCUT2D eigenvalue weighted by Gasteiger charge is -2.15. The van der Waals surface area contributed by atoms with Crippen LogP contribution < -0.4 is 0 Å². The van der Waals surface area contributed by atoms with Crippen molar-refractivity contribution in [2.75, 3.05) is 0 Å². The molecule has 0 saturated heterocycles. The largest absolute Gasteiger partial charge is 0.233 e. The molecule has 0 amide bonds. The number of nitrogens with zero attached hydrogens (tertiary/aromatic N) is 7. The number of fused-ring (bicyclic) bond motifs is 1. The fourth-order valence-corrected chi connectivity index (χ4v) is 8.43. The monoisotopic (exact) mass is 859 g/mol. The Balaban J connectivity index is 1.05. The lowest BCUT2D eigenvalue weighted by Crippen LogP contribution is -2.04. The van der Waals surface area contributed by atoms with E-state index in [2.05, 4.69) is 115 Å². The number of hydrogen-bond acceptors (Lipinski definition) is 7. The third-order valence-electron chi connectivity index (χ3n) is 11.7. The van der Waals surface area contributed by atoms with Crippen molar-refractivity contribution in [1.82, 2.24) is 24.9 Å². The molecule has 3 heterocycles. The van der Waals surface area contributed by atoms with E-state index in [1.165, 1.54) is 5.39 Å². The molecule has 0 radical (unpaired) electrons. The highest BCUT2D eigenvalue weighted by molar-refractivity contribution is 6.19. The van der Waals surface area contributed by atoms with Crippen LogP contribution in [0.5, 0.6) is 0 Å². The molecule has 7 nitrogen and oxygen atoms in total. The molecule has 316 valence electrons. The second kappa shape index (κ2) is 17.9. The van der Waals surface area contributed by atoms with Crippen LogP contribution in [0.25, 0.3) is 84.3 Å². The first-order valence-electron chi connectivity index (χ1n) is 22.2. The molecular formula is C60H41N7. The Morgan fingerprint density at radius 2 is 0.806 bits per heavy atom. The first-order valence-corrected chi connectivity index (χ1v) is 22.2. The molecule has 2 aromatic heterocycles. The van der Waals surface area contributed by atoms with Gasteiger partial charge in [0.05, 0.1) is 5.71 Å². The van der Waals surface area contributed by atoms with Crippen molar-refractivity contribution in [3.8, 4) is 67.8 Å². The highest BCUT2D eigenvalue weighted by Crippen LogP contribution is 2.38. The highest BCUT2D eigenvalue weighted by atomic mass is 15.0. The van der Waals surface area contributed by atoms with E-state index in [1.54, 1.807) is 0 Å². The minimum atomic E-state index is 0.586. The van der Waals surface area contributed by atoms with Crippen LogP contribution in [0.15, 0.2) is 228 Å². The van der Waals surface area contributed by atoms with E-state index in [9.17, 15) is 0 Å². The fourth-order valence-electron chi connectivity index (χ4n) is 8.43. The van der Waals surface area contributed by atoms with Gasteiger partial charge >= 0.3 is 0 Å². The number of aliphatic imine (C=N–C) groups is 2. The van der Waals surface area contributed by atoms with Gasteiger partial charge in [0.2, 0.25) is 0 Å². The van der Waals surface area contributed by atoms with Crippen molar-refractivity contribution in [3.63, 3.8) is 0 Å². The average Bonchev–Trinajstić information content (AvgIpc) is 3.63. The van der Waals surface area contributed by atoms with Gasteiger partial charge in [0, 0.05) is 56.4 Å². The number of rotatable bonds is 9. The summed E-state index contributed by atoms with van der Waals surface area (Å²) in [6, 6.07) is 70.3. The number of amidine groups is 1. The van der Waals surface area contributed by atoms with Crippen LogP contribution in [0.3, 0.4) is 0 Å². The lowest BCUT2D eigenvalue weighted by molar-refractivity contribution is 1.06. The summed E-state index contributed by atoms with van der Waals surface area (Å²) in [5.41, 5.74) is 17.3. The minimum Gasteiger partial charge on any atom is -0.233 e. The van der Waals surface area contributed by atoms with Gasteiger partial charge in [-0.15, -0.1) is 0 Å². The minimum absolute atomic E-state index is 0.586. The fraction of sp³-hybridized carbons (Fsp3) is 0.0333. The molecule has 0 fully saturated rings.